The van der Waals surface area contributed by atoms with Crippen LogP contribution in [0.3, 0.4) is 0 Å². The molecule has 0 bridgehead atoms. The van der Waals surface area contributed by atoms with Crippen LogP contribution in [0.25, 0.3) is 0 Å². The zero-order valence-electron chi connectivity index (χ0n) is 8.25. The second-order valence-corrected chi connectivity index (χ2v) is 3.13. The van der Waals surface area contributed by atoms with Crippen molar-refractivity contribution in [2.75, 3.05) is 13.7 Å². The van der Waals surface area contributed by atoms with Crippen molar-refractivity contribution in [3.63, 3.8) is 0 Å². The number of benzene rings is 1. The Bertz CT molecular complexity index is 328. The second-order valence-electron chi connectivity index (χ2n) is 3.13. The van der Waals surface area contributed by atoms with E-state index in [-0.39, 0.29) is 12.4 Å². The highest BCUT2D eigenvalue weighted by molar-refractivity contribution is 5.40. The summed E-state index contributed by atoms with van der Waals surface area (Å²) in [6, 6.07) is 2.26. The summed E-state index contributed by atoms with van der Waals surface area (Å²) in [5, 5.41) is 8.87. The van der Waals surface area contributed by atoms with Gasteiger partial charge in [-0.2, -0.15) is 0 Å². The number of methoxy groups -OCH3 is 1. The van der Waals surface area contributed by atoms with Crippen LogP contribution in [0.4, 0.5) is 4.39 Å². The predicted molar refractivity (Wildman–Crippen MR) is 51.7 cm³/mol. The summed E-state index contributed by atoms with van der Waals surface area (Å²) < 4.78 is 18.2. The zero-order valence-corrected chi connectivity index (χ0v) is 8.25. The van der Waals surface area contributed by atoms with Crippen LogP contribution in [0.5, 0.6) is 5.75 Å². The van der Waals surface area contributed by atoms with E-state index >= 15 is 0 Å². The Labute approximate surface area is 82.3 Å². The molecule has 3 nitrogen and oxygen atoms in total. The van der Waals surface area contributed by atoms with Gasteiger partial charge in [0.25, 0.3) is 0 Å². The maximum absolute atomic E-state index is 13.2. The molecule has 0 heterocycles. The minimum atomic E-state index is -0.611. The summed E-state index contributed by atoms with van der Waals surface area (Å²) in [4.78, 5) is 0. The highest BCUT2D eigenvalue weighted by Crippen LogP contribution is 2.26. The lowest BCUT2D eigenvalue weighted by atomic mass is 10.0. The molecule has 4 heteroatoms. The number of hydrogen-bond donors (Lipinski definition) is 2. The minimum absolute atomic E-state index is 0.237. The fourth-order valence-electron chi connectivity index (χ4n) is 1.24. The Balaban J connectivity index is 3.19. The number of ether oxygens (including phenoxy) is 1. The van der Waals surface area contributed by atoms with Crippen molar-refractivity contribution in [3.8, 4) is 5.75 Å². The lowest BCUT2D eigenvalue weighted by Gasteiger charge is -2.14. The van der Waals surface area contributed by atoms with Gasteiger partial charge in [0.05, 0.1) is 19.8 Å². The van der Waals surface area contributed by atoms with Crippen LogP contribution < -0.4 is 10.5 Å². The van der Waals surface area contributed by atoms with E-state index in [0.29, 0.717) is 16.9 Å². The van der Waals surface area contributed by atoms with E-state index in [1.54, 1.807) is 13.0 Å². The summed E-state index contributed by atoms with van der Waals surface area (Å²) in [5.41, 5.74) is 6.57. The van der Waals surface area contributed by atoms with Gasteiger partial charge in [-0.3, -0.25) is 0 Å². The first kappa shape index (κ1) is 10.9. The van der Waals surface area contributed by atoms with Crippen molar-refractivity contribution in [2.45, 2.75) is 13.0 Å². The van der Waals surface area contributed by atoms with E-state index in [2.05, 4.69) is 0 Å². The molecule has 0 aromatic heterocycles. The number of hydrogen-bond acceptors (Lipinski definition) is 3. The van der Waals surface area contributed by atoms with Crippen molar-refractivity contribution in [1.29, 1.82) is 0 Å². The average Bonchev–Trinajstić information content (AvgIpc) is 2.20. The zero-order chi connectivity index (χ0) is 10.7. The van der Waals surface area contributed by atoms with Crippen LogP contribution in [0.2, 0.25) is 0 Å². The van der Waals surface area contributed by atoms with Crippen LogP contribution in [-0.2, 0) is 0 Å². The molecule has 0 aliphatic carbocycles. The average molecular weight is 199 g/mol. The van der Waals surface area contributed by atoms with E-state index in [1.807, 2.05) is 0 Å². The quantitative estimate of drug-likeness (QED) is 0.767. The first-order valence-corrected chi connectivity index (χ1v) is 4.30. The number of rotatable bonds is 3. The molecule has 0 amide bonds. The maximum atomic E-state index is 13.2. The number of aliphatic hydroxyl groups excluding tert-OH is 1. The topological polar surface area (TPSA) is 55.5 Å². The number of aryl methyl sites for hydroxylation is 1. The van der Waals surface area contributed by atoms with Gasteiger partial charge in [-0.25, -0.2) is 4.39 Å². The molecule has 0 radical (unpaired) electrons. The number of nitrogens with two attached hydrogens (primary N) is 1. The Morgan fingerprint density at radius 2 is 2.21 bits per heavy atom. The molecule has 0 spiro atoms. The third-order valence-electron chi connectivity index (χ3n) is 2.11. The molecule has 0 aliphatic heterocycles. The smallest absolute Gasteiger partial charge is 0.126 e. The molecule has 0 unspecified atom stereocenters. The Morgan fingerprint density at radius 3 is 2.71 bits per heavy atom. The van der Waals surface area contributed by atoms with Crippen molar-refractivity contribution >= 4 is 0 Å². The van der Waals surface area contributed by atoms with Gasteiger partial charge in [0.15, 0.2) is 0 Å². The molecule has 78 valence electrons. The monoisotopic (exact) mass is 199 g/mol. The van der Waals surface area contributed by atoms with Gasteiger partial charge in [-0.1, -0.05) is 0 Å². The van der Waals surface area contributed by atoms with Gasteiger partial charge in [-0.15, -0.1) is 0 Å². The molecule has 3 N–H and O–H groups in total. The Morgan fingerprint density at radius 1 is 1.57 bits per heavy atom. The van der Waals surface area contributed by atoms with E-state index in [0.717, 1.165) is 0 Å². The Hall–Kier alpha value is -1.13. The summed E-state index contributed by atoms with van der Waals surface area (Å²) in [5.74, 6) is 0.162. The first-order chi connectivity index (χ1) is 6.60. The van der Waals surface area contributed by atoms with Crippen molar-refractivity contribution in [3.05, 3.63) is 29.1 Å². The molecule has 0 aliphatic rings. The van der Waals surface area contributed by atoms with Crippen LogP contribution in [0.15, 0.2) is 12.1 Å². The Kier molecular flexibility index (Phi) is 3.43. The minimum Gasteiger partial charge on any atom is -0.496 e. The highest BCUT2D eigenvalue weighted by Gasteiger charge is 2.13. The second kappa shape index (κ2) is 4.39. The summed E-state index contributed by atoms with van der Waals surface area (Å²) in [6.07, 6.45) is 0. The molecular weight excluding hydrogens is 185 g/mol. The maximum Gasteiger partial charge on any atom is 0.126 e. The largest absolute Gasteiger partial charge is 0.496 e. The summed E-state index contributed by atoms with van der Waals surface area (Å²) in [6.45, 7) is 1.41. The van der Waals surface area contributed by atoms with Crippen molar-refractivity contribution < 1.29 is 14.2 Å². The molecule has 0 saturated heterocycles. The van der Waals surface area contributed by atoms with E-state index in [4.69, 9.17) is 15.6 Å². The third-order valence-corrected chi connectivity index (χ3v) is 2.11. The van der Waals surface area contributed by atoms with E-state index in [9.17, 15) is 4.39 Å². The predicted octanol–water partition coefficient (Wildman–Crippen LogP) is 1.13. The van der Waals surface area contributed by atoms with E-state index < -0.39 is 6.04 Å². The number of halogens is 1. The molecule has 1 aromatic carbocycles. The fourth-order valence-corrected chi connectivity index (χ4v) is 1.24. The van der Waals surface area contributed by atoms with Gasteiger partial charge in [0.1, 0.15) is 11.6 Å². The van der Waals surface area contributed by atoms with Crippen LogP contribution in [0.1, 0.15) is 17.2 Å². The van der Waals surface area contributed by atoms with Crippen molar-refractivity contribution in [1.82, 2.24) is 0 Å². The van der Waals surface area contributed by atoms with Crippen LogP contribution in [-0.4, -0.2) is 18.8 Å². The van der Waals surface area contributed by atoms with Crippen LogP contribution >= 0.6 is 0 Å². The van der Waals surface area contributed by atoms with Gasteiger partial charge in [0.2, 0.25) is 0 Å². The molecule has 1 rings (SSSR count). The van der Waals surface area contributed by atoms with Gasteiger partial charge in [-0.05, 0) is 24.6 Å². The molecule has 0 saturated carbocycles. The lowest BCUT2D eigenvalue weighted by molar-refractivity contribution is 0.264. The summed E-state index contributed by atoms with van der Waals surface area (Å²) >= 11 is 0. The molecule has 14 heavy (non-hydrogen) atoms. The van der Waals surface area contributed by atoms with Gasteiger partial charge >= 0.3 is 0 Å². The molecule has 0 fully saturated rings. The molecular formula is C10H14FNO2. The summed E-state index contributed by atoms with van der Waals surface area (Å²) in [7, 11) is 1.49. The van der Waals surface area contributed by atoms with Gasteiger partial charge < -0.3 is 15.6 Å². The molecule has 1 aromatic rings. The third kappa shape index (κ3) is 2.02. The number of aliphatic hydroxyl groups is 1. The molecule has 1 atom stereocenters. The lowest BCUT2D eigenvalue weighted by Crippen LogP contribution is -2.16. The van der Waals surface area contributed by atoms with Crippen LogP contribution in [0, 0.1) is 12.7 Å². The normalized spacial score (nSPS) is 12.6. The fraction of sp³-hybridized carbons (Fsp3) is 0.400. The van der Waals surface area contributed by atoms with Gasteiger partial charge in [0, 0.05) is 5.56 Å². The van der Waals surface area contributed by atoms with E-state index in [1.165, 1.54) is 13.2 Å². The first-order valence-electron chi connectivity index (χ1n) is 4.30. The standard InChI is InChI=1S/C10H14FNO2/c1-6-3-10(14-2)7(4-8(6)11)9(12)5-13/h3-4,9,13H,5,12H2,1-2H3/t9-/m1/s1. The highest BCUT2D eigenvalue weighted by atomic mass is 19.1. The van der Waals surface area contributed by atoms with Crippen molar-refractivity contribution in [2.24, 2.45) is 5.73 Å². The SMILES string of the molecule is COc1cc(C)c(F)cc1[C@H](N)CO.